The Morgan fingerprint density at radius 1 is 0.281 bits per heavy atom. The van der Waals surface area contributed by atoms with Gasteiger partial charge in [0.15, 0.2) is 0 Å². The van der Waals surface area contributed by atoms with Crippen LogP contribution in [-0.4, -0.2) is 61.5 Å². The molecule has 0 radical (unpaired) electrons. The van der Waals surface area contributed by atoms with Crippen molar-refractivity contribution in [3.8, 4) is 51.5 Å². The van der Waals surface area contributed by atoms with Crippen LogP contribution >= 0.6 is 45.3 Å². The number of unbranched alkanes of at least 4 members (excludes halogenated alkanes) is 27. The second-order valence-electron chi connectivity index (χ2n) is 35.7. The van der Waals surface area contributed by atoms with Gasteiger partial charge in [0.2, 0.25) is 0 Å². The minimum Gasteiger partial charge on any atom is -0.274 e. The number of carbonyl (C=O) groups is 4. The maximum Gasteiger partial charge on any atom is 0.263 e. The predicted molar refractivity (Wildman–Crippen MR) is 512 cm³/mol. The highest BCUT2D eigenvalue weighted by molar-refractivity contribution is 7.26. The highest BCUT2D eigenvalue weighted by atomic mass is 32.1. The molecule has 0 unspecified atom stereocenters. The molecule has 0 saturated heterocycles. The summed E-state index contributed by atoms with van der Waals surface area (Å²) in [6, 6.07) is 53.6. The van der Waals surface area contributed by atoms with E-state index < -0.39 is 10.8 Å². The van der Waals surface area contributed by atoms with Gasteiger partial charge in [-0.15, -0.1) is 45.3 Å². The van der Waals surface area contributed by atoms with Gasteiger partial charge < -0.3 is 0 Å². The summed E-state index contributed by atoms with van der Waals surface area (Å²) in [5.74, 6) is -0.963. The lowest BCUT2D eigenvalue weighted by molar-refractivity contribution is 0.0636. The lowest BCUT2D eigenvalue weighted by Crippen LogP contribution is -2.31. The molecule has 0 N–H and O–H groups in total. The van der Waals surface area contributed by atoms with Crippen LogP contribution in [0.1, 0.15) is 385 Å². The van der Waals surface area contributed by atoms with Gasteiger partial charge in [0, 0.05) is 48.6 Å². The van der Waals surface area contributed by atoms with Gasteiger partial charge >= 0.3 is 0 Å². The highest BCUT2D eigenvalue weighted by Crippen LogP contribution is 2.67. The number of nitrogens with zero attached hydrogens (tertiary/aromatic N) is 5. The Morgan fingerprint density at radius 3 is 0.983 bits per heavy atom. The first kappa shape index (κ1) is 87.7. The van der Waals surface area contributed by atoms with Gasteiger partial charge in [-0.25, -0.2) is 0 Å². The third-order valence-electron chi connectivity index (χ3n) is 27.0. The average molecular weight is 1690 g/mol. The molecule has 0 spiro atoms. The SMILES string of the molecule is CCCCCCCCN1C(=O)c2c(C)sc(-c3ccc(-c4sc(-c5cc6c(s5)-c5cc7c(cc5C6(c5ccc(CCCCCC)cc5)c5ccc(CCCCCC)cc5)-c5sc(C)cc5C7(c5ccc(CCCCCC)cc5)c5ccc(CCCCCC)cc5)c5c4C(=O)N(CCCCCCCC)C5=O)c4nn(CCCCCCCC)nc34)c2C1=O. The Labute approximate surface area is 739 Å². The van der Waals surface area contributed by atoms with E-state index in [2.05, 4.69) is 189 Å². The maximum absolute atomic E-state index is 16.3. The number of fused-ring (bicyclic) bond motifs is 9. The van der Waals surface area contributed by atoms with Crippen molar-refractivity contribution in [3.63, 3.8) is 0 Å². The van der Waals surface area contributed by atoms with Crippen LogP contribution in [0.5, 0.6) is 0 Å². The molecule has 7 heterocycles. The smallest absolute Gasteiger partial charge is 0.263 e. The van der Waals surface area contributed by atoms with Gasteiger partial charge in [-0.3, -0.25) is 29.0 Å². The van der Waals surface area contributed by atoms with Crippen LogP contribution < -0.4 is 0 Å². The zero-order valence-electron chi connectivity index (χ0n) is 74.2. The molecule has 0 fully saturated rings. The molecule has 6 aromatic carbocycles. The number of benzene rings is 6. The van der Waals surface area contributed by atoms with Crippen molar-refractivity contribution in [2.45, 2.75) is 324 Å². The fourth-order valence-corrected chi connectivity index (χ4v) is 25.2. The van der Waals surface area contributed by atoms with E-state index >= 15 is 9.59 Å². The van der Waals surface area contributed by atoms with Crippen molar-refractivity contribution in [3.05, 3.63) is 232 Å². The Kier molecular flexibility index (Phi) is 29.4. The molecular weight excluding hydrogens is 1560 g/mol. The van der Waals surface area contributed by atoms with E-state index in [0.717, 1.165) is 159 Å². The molecule has 4 aliphatic rings. The summed E-state index contributed by atoms with van der Waals surface area (Å²) in [5.41, 5.74) is 21.1. The number of rotatable bonds is 48. The summed E-state index contributed by atoms with van der Waals surface area (Å²) in [7, 11) is 0. The molecule has 0 bridgehead atoms. The third-order valence-corrected chi connectivity index (χ3v) is 31.8. The fourth-order valence-electron chi connectivity index (χ4n) is 20.3. The van der Waals surface area contributed by atoms with Crippen molar-refractivity contribution in [1.29, 1.82) is 0 Å². The third kappa shape index (κ3) is 17.6. The normalized spacial score (nSPS) is 14.2. The average Bonchev–Trinajstić information content (AvgIpc) is 1.50. The number of aryl methyl sites for hydroxylation is 7. The Morgan fingerprint density at radius 2 is 0.595 bits per heavy atom. The first-order chi connectivity index (χ1) is 59.3. The van der Waals surface area contributed by atoms with E-state index in [9.17, 15) is 9.59 Å². The zero-order valence-corrected chi connectivity index (χ0v) is 77.5. The van der Waals surface area contributed by atoms with Gasteiger partial charge in [-0.2, -0.15) is 15.0 Å². The number of imide groups is 2. The van der Waals surface area contributed by atoms with Gasteiger partial charge in [0.05, 0.1) is 54.3 Å². The Balaban J connectivity index is 0.955. The summed E-state index contributed by atoms with van der Waals surface area (Å²) in [6.45, 7) is 21.5. The minimum absolute atomic E-state index is 0.215. The molecule has 13 heteroatoms. The van der Waals surface area contributed by atoms with Crippen molar-refractivity contribution >= 4 is 80.0 Å². The molecule has 2 aliphatic carbocycles. The maximum atomic E-state index is 16.3. The van der Waals surface area contributed by atoms with Gasteiger partial charge in [-0.1, -0.05) is 331 Å². The molecule has 5 aromatic heterocycles. The summed E-state index contributed by atoms with van der Waals surface area (Å²) >= 11 is 6.77. The standard InChI is InChI=1S/C108H131N5O4S4/c1-10-17-24-31-34-41-66-111-103(114)92-74(9)119-100(93(92)104(111)115)83-64-65-84(97-96(83)109-113(110-97)68-43-36-33-26-19-12-3)101-94-95(106(117)112(105(94)116)67-42-35-32-25-18-11-2)102(121-101)91-72-90-99(120-91)86-71-87-85(70-88(86)108(90,81-60-52-77(53-61-81)46-39-29-22-15-6)82-62-54-78(55-63-82)47-40-30-23-16-7)98-89(69-73(8)118-98)107(87,79-56-48-75(49-57-79)44-37-27-20-13-4)80-58-50-76(51-59-80)45-38-28-21-14-5/h48-65,69-72H,10-47,66-68H2,1-9H3. The van der Waals surface area contributed by atoms with Crippen LogP contribution in [-0.2, 0) is 43.1 Å². The van der Waals surface area contributed by atoms with Gasteiger partial charge in [0.1, 0.15) is 11.0 Å². The van der Waals surface area contributed by atoms with Gasteiger partial charge in [-0.05, 0) is 187 Å². The first-order valence-corrected chi connectivity index (χ1v) is 50.8. The number of hydrogen-bond acceptors (Lipinski definition) is 10. The van der Waals surface area contributed by atoms with Crippen LogP contribution in [0.4, 0.5) is 0 Å². The van der Waals surface area contributed by atoms with E-state index in [1.54, 1.807) is 27.6 Å². The lowest BCUT2D eigenvalue weighted by Gasteiger charge is -2.35. The summed E-state index contributed by atoms with van der Waals surface area (Å²) in [5, 5.41) is 10.9. The summed E-state index contributed by atoms with van der Waals surface area (Å²) in [6.07, 6.45) is 42.5. The monoisotopic (exact) mass is 1690 g/mol. The number of amides is 4. The molecule has 636 valence electrons. The quantitative estimate of drug-likeness (QED) is 0.0278. The molecule has 121 heavy (non-hydrogen) atoms. The molecule has 4 amide bonds. The molecule has 2 aliphatic heterocycles. The van der Waals surface area contributed by atoms with Crippen LogP contribution in [0.2, 0.25) is 0 Å². The second kappa shape index (κ2) is 40.6. The molecular formula is C108H131N5O4S4. The van der Waals surface area contributed by atoms with E-state index in [0.29, 0.717) is 57.8 Å². The minimum atomic E-state index is -0.826. The van der Waals surface area contributed by atoms with E-state index in [1.807, 2.05) is 23.1 Å². The fraction of sp³-hybridized carbons (Fsp3) is 0.481. The molecule has 15 rings (SSSR count). The molecule has 0 atom stereocenters. The number of hydrogen-bond donors (Lipinski definition) is 0. The Hall–Kier alpha value is -8.20. The number of carbonyl (C=O) groups excluding carboxylic acids is 4. The first-order valence-electron chi connectivity index (χ1n) is 47.5. The van der Waals surface area contributed by atoms with E-state index in [4.69, 9.17) is 10.2 Å². The predicted octanol–water partition coefficient (Wildman–Crippen LogP) is 30.8. The number of aromatic nitrogens is 3. The van der Waals surface area contributed by atoms with Gasteiger partial charge in [0.25, 0.3) is 23.6 Å². The van der Waals surface area contributed by atoms with E-state index in [1.165, 1.54) is 224 Å². The summed E-state index contributed by atoms with van der Waals surface area (Å²) in [4.78, 5) is 74.6. The van der Waals surface area contributed by atoms with Crippen molar-refractivity contribution in [2.75, 3.05) is 13.1 Å². The topological polar surface area (TPSA) is 105 Å². The van der Waals surface area contributed by atoms with Crippen molar-refractivity contribution in [2.24, 2.45) is 0 Å². The van der Waals surface area contributed by atoms with Crippen LogP contribution in [0.15, 0.2) is 133 Å². The van der Waals surface area contributed by atoms with Crippen LogP contribution in [0.3, 0.4) is 0 Å². The zero-order chi connectivity index (χ0) is 84.2. The lowest BCUT2D eigenvalue weighted by atomic mass is 9.65. The molecule has 9 nitrogen and oxygen atoms in total. The Bertz CT molecular complexity index is 5300. The van der Waals surface area contributed by atoms with Crippen LogP contribution in [0, 0.1) is 13.8 Å². The number of thiophene rings is 4. The molecule has 11 aromatic rings. The van der Waals surface area contributed by atoms with Crippen molar-refractivity contribution in [1.82, 2.24) is 24.8 Å². The molecule has 0 saturated carbocycles. The second-order valence-corrected chi connectivity index (χ2v) is 40.2. The van der Waals surface area contributed by atoms with Crippen LogP contribution in [0.25, 0.3) is 62.6 Å². The van der Waals surface area contributed by atoms with Crippen molar-refractivity contribution < 1.29 is 19.2 Å². The van der Waals surface area contributed by atoms with E-state index in [-0.39, 0.29) is 23.6 Å². The summed E-state index contributed by atoms with van der Waals surface area (Å²) < 4.78 is 0. The largest absolute Gasteiger partial charge is 0.274 e. The highest BCUT2D eigenvalue weighted by Gasteiger charge is 2.54.